The van der Waals surface area contributed by atoms with E-state index >= 15 is 0 Å². The number of rotatable bonds is 5. The molecule has 0 aromatic carbocycles. The van der Waals surface area contributed by atoms with Crippen molar-refractivity contribution in [1.82, 2.24) is 4.90 Å². The van der Waals surface area contributed by atoms with Crippen LogP contribution in [0.3, 0.4) is 0 Å². The van der Waals surface area contributed by atoms with Crippen LogP contribution in [0.25, 0.3) is 0 Å². The van der Waals surface area contributed by atoms with Crippen LogP contribution in [-0.4, -0.2) is 35.7 Å². The lowest BCUT2D eigenvalue weighted by Crippen LogP contribution is -2.60. The lowest BCUT2D eigenvalue weighted by atomic mass is 9.93. The molecule has 0 amide bonds. The smallest absolute Gasteiger partial charge is 0.326 e. The van der Waals surface area contributed by atoms with Crippen molar-refractivity contribution in [3.63, 3.8) is 0 Å². The van der Waals surface area contributed by atoms with E-state index in [0.717, 1.165) is 32.1 Å². The van der Waals surface area contributed by atoms with Crippen molar-refractivity contribution in [2.45, 2.75) is 76.7 Å². The summed E-state index contributed by atoms with van der Waals surface area (Å²) in [7, 11) is 0. The van der Waals surface area contributed by atoms with Gasteiger partial charge < -0.3 is 5.73 Å². The van der Waals surface area contributed by atoms with Gasteiger partial charge in [0, 0.05) is 12.1 Å². The first-order chi connectivity index (χ1) is 8.41. The summed E-state index contributed by atoms with van der Waals surface area (Å²) in [5.41, 5.74) is 5.73. The topological polar surface area (TPSA) is 29.3 Å². The predicted molar refractivity (Wildman–Crippen MR) is 67.4 cm³/mol. The Morgan fingerprint density at radius 2 is 1.94 bits per heavy atom. The normalized spacial score (nSPS) is 26.0. The summed E-state index contributed by atoms with van der Waals surface area (Å²) in [6.45, 7) is 4.28. The minimum absolute atomic E-state index is 0.0491. The Hall–Kier alpha value is -0.290. The first kappa shape index (κ1) is 15.8. The fourth-order valence-electron chi connectivity index (χ4n) is 2.93. The van der Waals surface area contributed by atoms with Gasteiger partial charge in [-0.05, 0) is 32.2 Å². The van der Waals surface area contributed by atoms with Gasteiger partial charge >= 0.3 is 6.18 Å². The van der Waals surface area contributed by atoms with E-state index in [1.54, 1.807) is 11.8 Å². The highest BCUT2D eigenvalue weighted by molar-refractivity contribution is 4.92. The van der Waals surface area contributed by atoms with Crippen molar-refractivity contribution in [3.8, 4) is 0 Å². The molecule has 0 aromatic heterocycles. The summed E-state index contributed by atoms with van der Waals surface area (Å²) in [5.74, 6) is 0. The molecule has 1 heterocycles. The number of hydrogen-bond acceptors (Lipinski definition) is 2. The minimum Gasteiger partial charge on any atom is -0.326 e. The minimum atomic E-state index is -4.22. The number of hydrogen-bond donors (Lipinski definition) is 1. The maximum atomic E-state index is 13.2. The molecule has 1 aliphatic heterocycles. The molecule has 3 unspecified atom stereocenters. The SMILES string of the molecule is CCCC1CCCCN1C(C(N)CC)C(F)(F)F. The van der Waals surface area contributed by atoms with Crippen molar-refractivity contribution in [2.24, 2.45) is 5.73 Å². The molecular weight excluding hydrogens is 241 g/mol. The Bertz CT molecular complexity index is 241. The first-order valence-corrected chi connectivity index (χ1v) is 6.99. The van der Waals surface area contributed by atoms with Gasteiger partial charge in [-0.1, -0.05) is 26.7 Å². The molecule has 0 aliphatic carbocycles. The summed E-state index contributed by atoms with van der Waals surface area (Å²) in [6.07, 6.45) is 0.654. The van der Waals surface area contributed by atoms with Crippen LogP contribution in [0.2, 0.25) is 0 Å². The maximum Gasteiger partial charge on any atom is 0.405 e. The molecule has 3 atom stereocenters. The first-order valence-electron chi connectivity index (χ1n) is 6.99. The number of nitrogens with zero attached hydrogens (tertiary/aromatic N) is 1. The zero-order chi connectivity index (χ0) is 13.8. The Morgan fingerprint density at radius 3 is 2.44 bits per heavy atom. The monoisotopic (exact) mass is 266 g/mol. The molecule has 18 heavy (non-hydrogen) atoms. The van der Waals surface area contributed by atoms with Gasteiger partial charge in [0.1, 0.15) is 6.04 Å². The number of likely N-dealkylation sites (tertiary alicyclic amines) is 1. The third-order valence-electron chi connectivity index (χ3n) is 3.86. The van der Waals surface area contributed by atoms with E-state index in [-0.39, 0.29) is 6.04 Å². The lowest BCUT2D eigenvalue weighted by molar-refractivity contribution is -0.199. The number of piperidine rings is 1. The number of halogens is 3. The molecule has 1 saturated heterocycles. The van der Waals surface area contributed by atoms with E-state index in [0.29, 0.717) is 13.0 Å². The van der Waals surface area contributed by atoms with Crippen molar-refractivity contribution >= 4 is 0 Å². The second-order valence-corrected chi connectivity index (χ2v) is 5.23. The van der Waals surface area contributed by atoms with Crippen LogP contribution < -0.4 is 5.73 Å². The molecule has 108 valence electrons. The Balaban J connectivity index is 2.87. The molecule has 0 spiro atoms. The van der Waals surface area contributed by atoms with Gasteiger partial charge in [-0.15, -0.1) is 0 Å². The van der Waals surface area contributed by atoms with E-state index in [4.69, 9.17) is 5.73 Å². The molecule has 2 N–H and O–H groups in total. The van der Waals surface area contributed by atoms with E-state index in [9.17, 15) is 13.2 Å². The molecular formula is C13H25F3N2. The van der Waals surface area contributed by atoms with E-state index < -0.39 is 18.3 Å². The molecule has 1 rings (SSSR count). The Labute approximate surface area is 108 Å². The van der Waals surface area contributed by atoms with Crippen LogP contribution in [0.4, 0.5) is 13.2 Å². The van der Waals surface area contributed by atoms with Crippen LogP contribution in [0, 0.1) is 0 Å². The van der Waals surface area contributed by atoms with Crippen molar-refractivity contribution < 1.29 is 13.2 Å². The zero-order valence-corrected chi connectivity index (χ0v) is 11.3. The average Bonchev–Trinajstić information content (AvgIpc) is 2.30. The van der Waals surface area contributed by atoms with Gasteiger partial charge in [0.25, 0.3) is 0 Å². The highest BCUT2D eigenvalue weighted by Gasteiger charge is 2.48. The van der Waals surface area contributed by atoms with Crippen LogP contribution >= 0.6 is 0 Å². The maximum absolute atomic E-state index is 13.2. The predicted octanol–water partition coefficient (Wildman–Crippen LogP) is 3.31. The lowest BCUT2D eigenvalue weighted by Gasteiger charge is -2.44. The molecule has 2 nitrogen and oxygen atoms in total. The highest BCUT2D eigenvalue weighted by atomic mass is 19.4. The number of nitrogens with two attached hydrogens (primary N) is 1. The fraction of sp³-hybridized carbons (Fsp3) is 1.00. The van der Waals surface area contributed by atoms with E-state index in [1.807, 2.05) is 6.92 Å². The molecule has 0 saturated carbocycles. The fourth-order valence-corrected chi connectivity index (χ4v) is 2.93. The summed E-state index contributed by atoms with van der Waals surface area (Å²) in [4.78, 5) is 1.63. The molecule has 5 heteroatoms. The standard InChI is InChI=1S/C13H25F3N2/c1-3-7-10-8-5-6-9-18(10)12(11(17)4-2)13(14,15)16/h10-12H,3-9,17H2,1-2H3. The Morgan fingerprint density at radius 1 is 1.28 bits per heavy atom. The molecule has 1 fully saturated rings. The third kappa shape index (κ3) is 3.85. The third-order valence-corrected chi connectivity index (χ3v) is 3.86. The van der Waals surface area contributed by atoms with Crippen molar-refractivity contribution in [2.75, 3.05) is 6.54 Å². The molecule has 0 aromatic rings. The van der Waals surface area contributed by atoms with Crippen LogP contribution in [0.1, 0.15) is 52.4 Å². The van der Waals surface area contributed by atoms with Gasteiger partial charge in [-0.2, -0.15) is 13.2 Å². The highest BCUT2D eigenvalue weighted by Crippen LogP contribution is 2.33. The Kier molecular flexibility index (Phi) is 5.92. The molecule has 0 bridgehead atoms. The summed E-state index contributed by atoms with van der Waals surface area (Å²) < 4.78 is 39.7. The second kappa shape index (κ2) is 6.75. The number of alkyl halides is 3. The van der Waals surface area contributed by atoms with E-state index in [2.05, 4.69) is 0 Å². The quantitative estimate of drug-likeness (QED) is 0.827. The van der Waals surface area contributed by atoms with Gasteiger partial charge in [0.15, 0.2) is 0 Å². The van der Waals surface area contributed by atoms with Gasteiger partial charge in [0.2, 0.25) is 0 Å². The van der Waals surface area contributed by atoms with E-state index in [1.165, 1.54) is 0 Å². The summed E-state index contributed by atoms with van der Waals surface area (Å²) >= 11 is 0. The largest absolute Gasteiger partial charge is 0.405 e. The molecule has 0 radical (unpaired) electrons. The van der Waals surface area contributed by atoms with Crippen LogP contribution in [0.5, 0.6) is 0 Å². The van der Waals surface area contributed by atoms with Gasteiger partial charge in [-0.3, -0.25) is 4.90 Å². The average molecular weight is 266 g/mol. The van der Waals surface area contributed by atoms with Crippen molar-refractivity contribution in [1.29, 1.82) is 0 Å². The molecule has 1 aliphatic rings. The van der Waals surface area contributed by atoms with Crippen LogP contribution in [0.15, 0.2) is 0 Å². The van der Waals surface area contributed by atoms with Gasteiger partial charge in [0.05, 0.1) is 0 Å². The summed E-state index contributed by atoms with van der Waals surface area (Å²) in [5, 5.41) is 0. The second-order valence-electron chi connectivity index (χ2n) is 5.23. The van der Waals surface area contributed by atoms with Crippen molar-refractivity contribution in [3.05, 3.63) is 0 Å². The van der Waals surface area contributed by atoms with Gasteiger partial charge in [-0.25, -0.2) is 0 Å². The summed E-state index contributed by atoms with van der Waals surface area (Å²) in [6, 6.07) is -2.24. The van der Waals surface area contributed by atoms with Crippen LogP contribution in [-0.2, 0) is 0 Å². The zero-order valence-electron chi connectivity index (χ0n) is 11.3.